The van der Waals surface area contributed by atoms with Crippen molar-refractivity contribution in [3.8, 4) is 11.1 Å². The molecule has 2 N–H and O–H groups in total. The minimum absolute atomic E-state index is 0.0330. The van der Waals surface area contributed by atoms with Crippen LogP contribution >= 0.6 is 22.6 Å². The molecule has 0 atom stereocenters. The van der Waals surface area contributed by atoms with Crippen LogP contribution in [0.5, 0.6) is 0 Å². The third kappa shape index (κ3) is 2.21. The Morgan fingerprint density at radius 3 is 2.68 bits per heavy atom. The number of aliphatic hydroxyl groups is 1. The molecule has 0 saturated heterocycles. The number of nitrogens with one attached hydrogen (secondary N) is 1. The molecule has 0 bridgehead atoms. The molecule has 3 rings (SSSR count). The summed E-state index contributed by atoms with van der Waals surface area (Å²) in [6, 6.07) is 3.93. The summed E-state index contributed by atoms with van der Waals surface area (Å²) in [5, 5.41) is 17.7. The second kappa shape index (κ2) is 4.86. The van der Waals surface area contributed by atoms with E-state index >= 15 is 0 Å². The fourth-order valence-corrected chi connectivity index (χ4v) is 2.58. The zero-order chi connectivity index (χ0) is 13.4. The van der Waals surface area contributed by atoms with E-state index in [1.54, 1.807) is 12.4 Å². The van der Waals surface area contributed by atoms with Crippen LogP contribution in [0.4, 0.5) is 0 Å². The summed E-state index contributed by atoms with van der Waals surface area (Å²) in [4.78, 5) is 8.41. The summed E-state index contributed by atoms with van der Waals surface area (Å²) in [5.41, 5.74) is 3.59. The number of hydrogen-bond donors (Lipinski definition) is 2. The van der Waals surface area contributed by atoms with Crippen molar-refractivity contribution < 1.29 is 5.11 Å². The SMILES string of the molecule is Cc1ncc(-c2cc3c(I)n[nH]c3cc2CO)cn1. The number of benzene rings is 1. The van der Waals surface area contributed by atoms with Gasteiger partial charge in [-0.1, -0.05) is 0 Å². The van der Waals surface area contributed by atoms with Crippen LogP contribution in [0.15, 0.2) is 24.5 Å². The van der Waals surface area contributed by atoms with Crippen molar-refractivity contribution in [3.63, 3.8) is 0 Å². The Morgan fingerprint density at radius 1 is 1.26 bits per heavy atom. The Bertz CT molecular complexity index is 736. The molecule has 0 fully saturated rings. The highest BCUT2D eigenvalue weighted by atomic mass is 127. The second-order valence-electron chi connectivity index (χ2n) is 4.25. The van der Waals surface area contributed by atoms with Crippen molar-refractivity contribution in [2.45, 2.75) is 13.5 Å². The first-order valence-electron chi connectivity index (χ1n) is 5.75. The minimum Gasteiger partial charge on any atom is -0.392 e. The first kappa shape index (κ1) is 12.5. The zero-order valence-electron chi connectivity index (χ0n) is 10.2. The number of aliphatic hydroxyl groups excluding tert-OH is 1. The predicted molar refractivity (Wildman–Crippen MR) is 80.5 cm³/mol. The molecule has 19 heavy (non-hydrogen) atoms. The lowest BCUT2D eigenvalue weighted by molar-refractivity contribution is 0.282. The molecule has 3 aromatic rings. The fraction of sp³-hybridized carbons (Fsp3) is 0.154. The monoisotopic (exact) mass is 366 g/mol. The molecule has 5 nitrogen and oxygen atoms in total. The summed E-state index contributed by atoms with van der Waals surface area (Å²) in [5.74, 6) is 0.730. The maximum atomic E-state index is 9.52. The van der Waals surface area contributed by atoms with Crippen LogP contribution in [0.3, 0.4) is 0 Å². The van der Waals surface area contributed by atoms with Gasteiger partial charge < -0.3 is 5.11 Å². The number of nitrogens with zero attached hydrogens (tertiary/aromatic N) is 3. The molecule has 0 radical (unpaired) electrons. The molecule has 0 amide bonds. The van der Waals surface area contributed by atoms with Crippen LogP contribution in [-0.4, -0.2) is 25.3 Å². The lowest BCUT2D eigenvalue weighted by Crippen LogP contribution is -1.93. The quantitative estimate of drug-likeness (QED) is 0.684. The van der Waals surface area contributed by atoms with Crippen LogP contribution in [0.2, 0.25) is 0 Å². The van der Waals surface area contributed by atoms with E-state index in [2.05, 4.69) is 42.8 Å². The number of aromatic amines is 1. The maximum Gasteiger partial charge on any atom is 0.130 e. The van der Waals surface area contributed by atoms with Crippen molar-refractivity contribution in [2.75, 3.05) is 0 Å². The van der Waals surface area contributed by atoms with Gasteiger partial charge in [0.15, 0.2) is 0 Å². The molecule has 0 spiro atoms. The summed E-state index contributed by atoms with van der Waals surface area (Å²) in [6.45, 7) is 1.81. The fourth-order valence-electron chi connectivity index (χ4n) is 2.01. The minimum atomic E-state index is -0.0330. The van der Waals surface area contributed by atoms with Crippen molar-refractivity contribution in [1.82, 2.24) is 20.2 Å². The maximum absolute atomic E-state index is 9.52. The molecular weight excluding hydrogens is 355 g/mol. The van der Waals surface area contributed by atoms with Crippen LogP contribution < -0.4 is 0 Å². The number of aryl methyl sites for hydroxylation is 1. The molecule has 0 aliphatic heterocycles. The molecule has 0 saturated carbocycles. The highest BCUT2D eigenvalue weighted by Crippen LogP contribution is 2.29. The third-order valence-corrected chi connectivity index (χ3v) is 3.82. The zero-order valence-corrected chi connectivity index (χ0v) is 12.3. The topological polar surface area (TPSA) is 74.7 Å². The van der Waals surface area contributed by atoms with Gasteiger partial charge in [-0.25, -0.2) is 9.97 Å². The van der Waals surface area contributed by atoms with Gasteiger partial charge in [-0.15, -0.1) is 0 Å². The van der Waals surface area contributed by atoms with Gasteiger partial charge in [-0.05, 0) is 52.8 Å². The predicted octanol–water partition coefficient (Wildman–Crippen LogP) is 2.43. The number of fused-ring (bicyclic) bond motifs is 1. The highest BCUT2D eigenvalue weighted by molar-refractivity contribution is 14.1. The summed E-state index contributed by atoms with van der Waals surface area (Å²) < 4.78 is 0.909. The third-order valence-electron chi connectivity index (χ3n) is 3.00. The number of H-pyrrole nitrogens is 1. The van der Waals surface area contributed by atoms with Crippen molar-refractivity contribution >= 4 is 33.5 Å². The smallest absolute Gasteiger partial charge is 0.130 e. The molecule has 2 aromatic heterocycles. The second-order valence-corrected chi connectivity index (χ2v) is 5.27. The molecule has 1 aromatic carbocycles. The van der Waals surface area contributed by atoms with Gasteiger partial charge in [0.25, 0.3) is 0 Å². The van der Waals surface area contributed by atoms with E-state index in [1.807, 2.05) is 19.1 Å². The van der Waals surface area contributed by atoms with E-state index < -0.39 is 0 Å². The number of aromatic nitrogens is 4. The summed E-state index contributed by atoms with van der Waals surface area (Å²) in [6.07, 6.45) is 3.55. The van der Waals surface area contributed by atoms with E-state index in [9.17, 15) is 5.11 Å². The Labute approximate surface area is 123 Å². The van der Waals surface area contributed by atoms with Gasteiger partial charge in [0.1, 0.15) is 9.53 Å². The first-order chi connectivity index (χ1) is 9.19. The normalized spacial score (nSPS) is 11.1. The lowest BCUT2D eigenvalue weighted by atomic mass is 10.0. The van der Waals surface area contributed by atoms with Gasteiger partial charge in [0.05, 0.1) is 12.1 Å². The number of halogens is 1. The van der Waals surface area contributed by atoms with E-state index in [0.29, 0.717) is 0 Å². The van der Waals surface area contributed by atoms with Crippen molar-refractivity contribution in [1.29, 1.82) is 0 Å². The molecule has 0 unspecified atom stereocenters. The van der Waals surface area contributed by atoms with Gasteiger partial charge in [0, 0.05) is 23.3 Å². The van der Waals surface area contributed by atoms with Crippen LogP contribution in [0.1, 0.15) is 11.4 Å². The summed E-state index contributed by atoms with van der Waals surface area (Å²) >= 11 is 2.18. The Morgan fingerprint density at radius 2 is 2.00 bits per heavy atom. The Kier molecular flexibility index (Phi) is 3.19. The highest BCUT2D eigenvalue weighted by Gasteiger charge is 2.11. The van der Waals surface area contributed by atoms with E-state index in [-0.39, 0.29) is 6.61 Å². The molecule has 0 aliphatic rings. The molecule has 0 aliphatic carbocycles. The van der Waals surface area contributed by atoms with Crippen molar-refractivity contribution in [2.24, 2.45) is 0 Å². The van der Waals surface area contributed by atoms with Crippen LogP contribution in [-0.2, 0) is 6.61 Å². The number of hydrogen-bond acceptors (Lipinski definition) is 4. The molecule has 96 valence electrons. The van der Waals surface area contributed by atoms with E-state index in [0.717, 1.165) is 37.1 Å². The van der Waals surface area contributed by atoms with Crippen LogP contribution in [0.25, 0.3) is 22.0 Å². The molecular formula is C13H11IN4O. The van der Waals surface area contributed by atoms with Gasteiger partial charge >= 0.3 is 0 Å². The van der Waals surface area contributed by atoms with Crippen molar-refractivity contribution in [3.05, 3.63) is 39.6 Å². The summed E-state index contributed by atoms with van der Waals surface area (Å²) in [7, 11) is 0. The lowest BCUT2D eigenvalue weighted by Gasteiger charge is -2.07. The largest absolute Gasteiger partial charge is 0.392 e. The Hall–Kier alpha value is -1.54. The Balaban J connectivity index is 2.25. The average Bonchev–Trinajstić information content (AvgIpc) is 2.79. The van der Waals surface area contributed by atoms with Gasteiger partial charge in [-0.2, -0.15) is 5.10 Å². The standard InChI is InChI=1S/C13H11IN4O/c1-7-15-4-9(5-16-7)10-3-11-12(2-8(10)6-19)17-18-13(11)14/h2-5,19H,6H2,1H3,(H,17,18). The first-order valence-corrected chi connectivity index (χ1v) is 6.83. The van der Waals surface area contributed by atoms with Gasteiger partial charge in [-0.3, -0.25) is 5.10 Å². The molecule has 6 heteroatoms. The van der Waals surface area contributed by atoms with E-state index in [1.165, 1.54) is 0 Å². The van der Waals surface area contributed by atoms with E-state index in [4.69, 9.17) is 0 Å². The van der Waals surface area contributed by atoms with Gasteiger partial charge in [0.2, 0.25) is 0 Å². The average molecular weight is 366 g/mol. The molecule has 2 heterocycles. The number of rotatable bonds is 2. The van der Waals surface area contributed by atoms with Crippen LogP contribution in [0, 0.1) is 10.6 Å².